The molecule has 5 heteroatoms. The monoisotopic (exact) mass is 276 g/mol. The normalized spacial score (nSPS) is 16.3. The van der Waals surface area contributed by atoms with Gasteiger partial charge in [-0.2, -0.15) is 0 Å². The summed E-state index contributed by atoms with van der Waals surface area (Å²) in [5, 5.41) is 3.57. The number of hydrogen-bond acceptors (Lipinski definition) is 4. The number of nitrogens with two attached hydrogens (primary N) is 1. The second-order valence-electron chi connectivity index (χ2n) is 5.33. The van der Waals surface area contributed by atoms with Gasteiger partial charge in [0.1, 0.15) is 5.82 Å². The van der Waals surface area contributed by atoms with Gasteiger partial charge in [-0.15, -0.1) is 0 Å². The first-order valence-corrected chi connectivity index (χ1v) is 7.43. The molecule has 0 aliphatic carbocycles. The van der Waals surface area contributed by atoms with E-state index in [9.17, 15) is 4.79 Å². The van der Waals surface area contributed by atoms with Crippen molar-refractivity contribution < 1.29 is 4.79 Å². The lowest BCUT2D eigenvalue weighted by Gasteiger charge is -2.33. The number of primary amides is 1. The van der Waals surface area contributed by atoms with Crippen molar-refractivity contribution in [2.45, 2.75) is 38.1 Å². The summed E-state index contributed by atoms with van der Waals surface area (Å²) < 4.78 is 0. The molecule has 1 aromatic heterocycles. The first-order valence-electron chi connectivity index (χ1n) is 7.43. The number of pyridine rings is 1. The van der Waals surface area contributed by atoms with E-state index in [1.165, 1.54) is 0 Å². The number of carbonyl (C=O) groups is 1. The molecule has 110 valence electrons. The van der Waals surface area contributed by atoms with Crippen molar-refractivity contribution >= 4 is 11.7 Å². The topological polar surface area (TPSA) is 71.2 Å². The van der Waals surface area contributed by atoms with E-state index in [4.69, 9.17) is 5.73 Å². The zero-order chi connectivity index (χ0) is 14.2. The van der Waals surface area contributed by atoms with Crippen LogP contribution in [0, 0.1) is 0 Å². The van der Waals surface area contributed by atoms with Crippen LogP contribution < -0.4 is 16.0 Å². The number of carbonyl (C=O) groups excluding carboxylic acids is 1. The van der Waals surface area contributed by atoms with Crippen molar-refractivity contribution in [3.05, 3.63) is 24.4 Å². The highest BCUT2D eigenvalue weighted by Gasteiger charge is 2.19. The summed E-state index contributed by atoms with van der Waals surface area (Å²) in [4.78, 5) is 17.4. The van der Waals surface area contributed by atoms with Gasteiger partial charge in [-0.3, -0.25) is 4.79 Å². The number of rotatable bonds is 7. The van der Waals surface area contributed by atoms with Gasteiger partial charge in [0.05, 0.1) is 0 Å². The van der Waals surface area contributed by atoms with Gasteiger partial charge in [0.15, 0.2) is 0 Å². The lowest BCUT2D eigenvalue weighted by molar-refractivity contribution is -0.118. The number of aromatic nitrogens is 1. The predicted molar refractivity (Wildman–Crippen MR) is 80.5 cm³/mol. The molecule has 1 fully saturated rings. The third-order valence-corrected chi connectivity index (χ3v) is 3.75. The molecule has 0 atom stereocenters. The van der Waals surface area contributed by atoms with Gasteiger partial charge in [0, 0.05) is 31.7 Å². The Labute approximate surface area is 120 Å². The molecule has 1 aromatic rings. The van der Waals surface area contributed by atoms with Crippen molar-refractivity contribution in [3.8, 4) is 0 Å². The first-order chi connectivity index (χ1) is 9.75. The standard InChI is InChI=1S/C15H24N4O/c16-14(20)5-1-3-9-17-13-7-11-19(12-8-13)15-6-2-4-10-18-15/h2,4,6,10,13,17H,1,3,5,7-9,11-12H2,(H2,16,20). The fraction of sp³-hybridized carbons (Fsp3) is 0.600. The van der Waals surface area contributed by atoms with Crippen LogP contribution in [-0.2, 0) is 4.79 Å². The van der Waals surface area contributed by atoms with Crippen molar-refractivity contribution in [2.24, 2.45) is 5.73 Å². The molecule has 0 aromatic carbocycles. The summed E-state index contributed by atoms with van der Waals surface area (Å²) in [6.45, 7) is 3.08. The molecular formula is C15H24N4O. The highest BCUT2D eigenvalue weighted by molar-refractivity contribution is 5.73. The molecule has 1 aliphatic rings. The third-order valence-electron chi connectivity index (χ3n) is 3.75. The maximum absolute atomic E-state index is 10.6. The van der Waals surface area contributed by atoms with E-state index in [0.29, 0.717) is 12.5 Å². The number of amides is 1. The van der Waals surface area contributed by atoms with Gasteiger partial charge in [0.2, 0.25) is 5.91 Å². The highest BCUT2D eigenvalue weighted by Crippen LogP contribution is 2.17. The molecular weight excluding hydrogens is 252 g/mol. The summed E-state index contributed by atoms with van der Waals surface area (Å²) >= 11 is 0. The Bertz CT molecular complexity index is 402. The van der Waals surface area contributed by atoms with Crippen LogP contribution in [0.1, 0.15) is 32.1 Å². The maximum atomic E-state index is 10.6. The van der Waals surface area contributed by atoms with E-state index in [1.54, 1.807) is 0 Å². The molecule has 5 nitrogen and oxygen atoms in total. The smallest absolute Gasteiger partial charge is 0.217 e. The summed E-state index contributed by atoms with van der Waals surface area (Å²) in [6.07, 6.45) is 6.54. The maximum Gasteiger partial charge on any atom is 0.217 e. The molecule has 1 amide bonds. The molecule has 3 N–H and O–H groups in total. The van der Waals surface area contributed by atoms with Crippen molar-refractivity contribution in [2.75, 3.05) is 24.5 Å². The number of piperidine rings is 1. The summed E-state index contributed by atoms with van der Waals surface area (Å²) in [5.74, 6) is 0.876. The van der Waals surface area contributed by atoms with E-state index in [2.05, 4.69) is 21.3 Å². The molecule has 1 saturated heterocycles. The minimum atomic E-state index is -0.200. The Hall–Kier alpha value is -1.62. The molecule has 0 unspecified atom stereocenters. The lowest BCUT2D eigenvalue weighted by Crippen LogP contribution is -2.43. The SMILES string of the molecule is NC(=O)CCCCNC1CCN(c2ccccn2)CC1. The summed E-state index contributed by atoms with van der Waals surface area (Å²) in [5.41, 5.74) is 5.12. The number of nitrogens with one attached hydrogen (secondary N) is 1. The molecule has 0 saturated carbocycles. The number of hydrogen-bond donors (Lipinski definition) is 2. The van der Waals surface area contributed by atoms with Crippen LogP contribution in [0.3, 0.4) is 0 Å². The molecule has 2 rings (SSSR count). The highest BCUT2D eigenvalue weighted by atomic mass is 16.1. The van der Waals surface area contributed by atoms with Gasteiger partial charge < -0.3 is 16.0 Å². The average molecular weight is 276 g/mol. The fourth-order valence-corrected chi connectivity index (χ4v) is 2.58. The second-order valence-corrected chi connectivity index (χ2v) is 5.33. The predicted octanol–water partition coefficient (Wildman–Crippen LogP) is 1.30. The second kappa shape index (κ2) is 7.85. The molecule has 0 radical (unpaired) electrons. The Morgan fingerprint density at radius 1 is 1.35 bits per heavy atom. The average Bonchev–Trinajstić information content (AvgIpc) is 2.48. The number of anilines is 1. The Morgan fingerprint density at radius 3 is 2.80 bits per heavy atom. The molecule has 0 spiro atoms. The van der Waals surface area contributed by atoms with Gasteiger partial charge in [-0.1, -0.05) is 6.07 Å². The Kier molecular flexibility index (Phi) is 5.80. The van der Waals surface area contributed by atoms with Crippen molar-refractivity contribution in [3.63, 3.8) is 0 Å². The van der Waals surface area contributed by atoms with Crippen LogP contribution >= 0.6 is 0 Å². The molecule has 2 heterocycles. The Morgan fingerprint density at radius 2 is 2.15 bits per heavy atom. The van der Waals surface area contributed by atoms with Gasteiger partial charge in [0.25, 0.3) is 0 Å². The zero-order valence-electron chi connectivity index (χ0n) is 11.9. The largest absolute Gasteiger partial charge is 0.370 e. The van der Waals surface area contributed by atoms with Gasteiger partial charge in [-0.25, -0.2) is 4.98 Å². The summed E-state index contributed by atoms with van der Waals surface area (Å²) in [6, 6.07) is 6.64. The molecule has 1 aliphatic heterocycles. The quantitative estimate of drug-likeness (QED) is 0.736. The van der Waals surface area contributed by atoms with Crippen molar-refractivity contribution in [1.82, 2.24) is 10.3 Å². The molecule has 0 bridgehead atoms. The van der Waals surface area contributed by atoms with Crippen LogP contribution in [0.15, 0.2) is 24.4 Å². The van der Waals surface area contributed by atoms with Crippen LogP contribution in [-0.4, -0.2) is 36.6 Å². The van der Waals surface area contributed by atoms with Crippen LogP contribution in [0.4, 0.5) is 5.82 Å². The minimum Gasteiger partial charge on any atom is -0.370 e. The van der Waals surface area contributed by atoms with E-state index in [1.807, 2.05) is 18.3 Å². The van der Waals surface area contributed by atoms with E-state index in [-0.39, 0.29) is 5.91 Å². The Balaban J connectivity index is 1.61. The van der Waals surface area contributed by atoms with Crippen LogP contribution in [0.5, 0.6) is 0 Å². The number of unbranched alkanes of at least 4 members (excludes halogenated alkanes) is 1. The van der Waals surface area contributed by atoms with E-state index >= 15 is 0 Å². The van der Waals surface area contributed by atoms with Crippen LogP contribution in [0.2, 0.25) is 0 Å². The van der Waals surface area contributed by atoms with Crippen molar-refractivity contribution in [1.29, 1.82) is 0 Å². The minimum absolute atomic E-state index is 0.200. The number of nitrogens with zero attached hydrogens (tertiary/aromatic N) is 2. The van der Waals surface area contributed by atoms with Crippen LogP contribution in [0.25, 0.3) is 0 Å². The van der Waals surface area contributed by atoms with Gasteiger partial charge >= 0.3 is 0 Å². The zero-order valence-corrected chi connectivity index (χ0v) is 11.9. The summed E-state index contributed by atoms with van der Waals surface area (Å²) in [7, 11) is 0. The first kappa shape index (κ1) is 14.8. The lowest BCUT2D eigenvalue weighted by atomic mass is 10.0. The van der Waals surface area contributed by atoms with Gasteiger partial charge in [-0.05, 0) is 44.4 Å². The fourth-order valence-electron chi connectivity index (χ4n) is 2.58. The molecule has 20 heavy (non-hydrogen) atoms. The third kappa shape index (κ3) is 4.81. The van der Waals surface area contributed by atoms with E-state index < -0.39 is 0 Å². The van der Waals surface area contributed by atoms with E-state index in [0.717, 1.165) is 51.1 Å².